The molecule has 0 amide bonds. The first-order chi connectivity index (χ1) is 9.65. The van der Waals surface area contributed by atoms with Gasteiger partial charge in [0.15, 0.2) is 0 Å². The first-order valence-corrected chi connectivity index (χ1v) is 6.87. The summed E-state index contributed by atoms with van der Waals surface area (Å²) in [5.74, 6) is 0.610. The maximum absolute atomic E-state index is 9.70. The molecule has 0 aliphatic rings. The van der Waals surface area contributed by atoms with Crippen LogP contribution >= 0.6 is 0 Å². The quantitative estimate of drug-likeness (QED) is 0.755. The predicted octanol–water partition coefficient (Wildman–Crippen LogP) is 2.48. The van der Waals surface area contributed by atoms with Crippen LogP contribution in [-0.4, -0.2) is 16.1 Å². The second-order valence-electron chi connectivity index (χ2n) is 5.01. The highest BCUT2D eigenvalue weighted by Gasteiger charge is 2.06. The molecule has 20 heavy (non-hydrogen) atoms. The van der Waals surface area contributed by atoms with Gasteiger partial charge in [0.2, 0.25) is 0 Å². The average molecular weight is 271 g/mol. The highest BCUT2D eigenvalue weighted by atomic mass is 16.3. The van der Waals surface area contributed by atoms with E-state index in [9.17, 15) is 5.11 Å². The van der Waals surface area contributed by atoms with Crippen LogP contribution in [0.3, 0.4) is 0 Å². The Hall–Kier alpha value is -2.07. The van der Waals surface area contributed by atoms with E-state index in [1.165, 1.54) is 5.56 Å². The SMILES string of the molecule is CC(CCc1ccccc1)NCc1nc(N)ccc1O. The lowest BCUT2D eigenvalue weighted by molar-refractivity contribution is 0.449. The zero-order valence-corrected chi connectivity index (χ0v) is 11.7. The first kappa shape index (κ1) is 14.3. The Morgan fingerprint density at radius 2 is 1.95 bits per heavy atom. The number of aromatic hydroxyl groups is 1. The molecule has 106 valence electrons. The molecule has 2 aromatic rings. The molecule has 1 unspecified atom stereocenters. The number of hydrogen-bond acceptors (Lipinski definition) is 4. The van der Waals surface area contributed by atoms with Crippen LogP contribution in [0.15, 0.2) is 42.5 Å². The van der Waals surface area contributed by atoms with Gasteiger partial charge >= 0.3 is 0 Å². The van der Waals surface area contributed by atoms with E-state index in [0.717, 1.165) is 12.8 Å². The van der Waals surface area contributed by atoms with Crippen LogP contribution in [0.1, 0.15) is 24.6 Å². The fraction of sp³-hybridized carbons (Fsp3) is 0.312. The molecule has 4 heteroatoms. The predicted molar refractivity (Wildman–Crippen MR) is 81.4 cm³/mol. The molecule has 0 aliphatic carbocycles. The van der Waals surface area contributed by atoms with Crippen LogP contribution in [0.5, 0.6) is 5.75 Å². The van der Waals surface area contributed by atoms with Crippen molar-refractivity contribution in [2.24, 2.45) is 0 Å². The van der Waals surface area contributed by atoms with Crippen LogP contribution in [0.4, 0.5) is 5.82 Å². The molecule has 2 rings (SSSR count). The maximum Gasteiger partial charge on any atom is 0.138 e. The zero-order valence-electron chi connectivity index (χ0n) is 11.7. The van der Waals surface area contributed by atoms with Gasteiger partial charge in [0, 0.05) is 12.6 Å². The van der Waals surface area contributed by atoms with E-state index in [1.807, 2.05) is 6.07 Å². The Morgan fingerprint density at radius 1 is 1.20 bits per heavy atom. The molecule has 0 radical (unpaired) electrons. The Balaban J connectivity index is 1.80. The molecule has 0 bridgehead atoms. The summed E-state index contributed by atoms with van der Waals surface area (Å²) in [6.07, 6.45) is 2.07. The van der Waals surface area contributed by atoms with Gasteiger partial charge < -0.3 is 16.2 Å². The molecular formula is C16H21N3O. The van der Waals surface area contributed by atoms with Crippen LogP contribution in [0, 0.1) is 0 Å². The summed E-state index contributed by atoms with van der Waals surface area (Å²) in [5, 5.41) is 13.1. The third kappa shape index (κ3) is 4.24. The summed E-state index contributed by atoms with van der Waals surface area (Å²) in [4.78, 5) is 4.13. The molecule has 1 heterocycles. The number of pyridine rings is 1. The van der Waals surface area contributed by atoms with Crippen molar-refractivity contribution >= 4 is 5.82 Å². The van der Waals surface area contributed by atoms with E-state index in [2.05, 4.69) is 41.5 Å². The summed E-state index contributed by atoms with van der Waals surface area (Å²) in [5.41, 5.74) is 7.55. The van der Waals surface area contributed by atoms with Crippen molar-refractivity contribution in [2.75, 3.05) is 5.73 Å². The number of anilines is 1. The lowest BCUT2D eigenvalue weighted by atomic mass is 10.1. The maximum atomic E-state index is 9.70. The van der Waals surface area contributed by atoms with Crippen molar-refractivity contribution in [3.63, 3.8) is 0 Å². The topological polar surface area (TPSA) is 71.2 Å². The molecular weight excluding hydrogens is 250 g/mol. The molecule has 4 nitrogen and oxygen atoms in total. The monoisotopic (exact) mass is 271 g/mol. The first-order valence-electron chi connectivity index (χ1n) is 6.87. The third-order valence-electron chi connectivity index (χ3n) is 3.30. The van der Waals surface area contributed by atoms with Crippen molar-refractivity contribution in [1.29, 1.82) is 0 Å². The van der Waals surface area contributed by atoms with Gasteiger partial charge in [-0.2, -0.15) is 0 Å². The van der Waals surface area contributed by atoms with Gasteiger partial charge in [0.1, 0.15) is 11.6 Å². The van der Waals surface area contributed by atoms with Crippen LogP contribution in [-0.2, 0) is 13.0 Å². The van der Waals surface area contributed by atoms with Gasteiger partial charge in [0.05, 0.1) is 5.69 Å². The highest BCUT2D eigenvalue weighted by Crippen LogP contribution is 2.16. The van der Waals surface area contributed by atoms with Crippen LogP contribution < -0.4 is 11.1 Å². The van der Waals surface area contributed by atoms with Crippen molar-refractivity contribution in [2.45, 2.75) is 32.4 Å². The number of hydrogen-bond donors (Lipinski definition) is 3. The number of nitrogens with one attached hydrogen (secondary N) is 1. The van der Waals surface area contributed by atoms with Gasteiger partial charge in [-0.05, 0) is 37.5 Å². The zero-order chi connectivity index (χ0) is 14.4. The van der Waals surface area contributed by atoms with E-state index in [4.69, 9.17) is 5.73 Å². The number of benzene rings is 1. The van der Waals surface area contributed by atoms with Gasteiger partial charge in [0.25, 0.3) is 0 Å². The third-order valence-corrected chi connectivity index (χ3v) is 3.30. The fourth-order valence-corrected chi connectivity index (χ4v) is 2.04. The number of aryl methyl sites for hydroxylation is 1. The Labute approximate surface area is 119 Å². The molecule has 0 spiro atoms. The minimum absolute atomic E-state index is 0.182. The lowest BCUT2D eigenvalue weighted by Gasteiger charge is -2.14. The lowest BCUT2D eigenvalue weighted by Crippen LogP contribution is -2.26. The summed E-state index contributed by atoms with van der Waals surface area (Å²) in [6.45, 7) is 2.65. The average Bonchev–Trinajstić information content (AvgIpc) is 2.47. The standard InChI is InChI=1S/C16H21N3O/c1-12(7-8-13-5-3-2-4-6-13)18-11-14-15(20)9-10-16(17)19-14/h2-6,9-10,12,18,20H,7-8,11H2,1H3,(H2,17,19). The molecule has 4 N–H and O–H groups in total. The van der Waals surface area contributed by atoms with Gasteiger partial charge in [-0.25, -0.2) is 4.98 Å². The molecule has 1 atom stereocenters. The molecule has 0 saturated carbocycles. The number of nitrogen functional groups attached to an aromatic ring is 1. The molecule has 0 aliphatic heterocycles. The minimum Gasteiger partial charge on any atom is -0.506 e. The molecule has 1 aromatic heterocycles. The van der Waals surface area contributed by atoms with E-state index >= 15 is 0 Å². The van der Waals surface area contributed by atoms with Crippen molar-refractivity contribution < 1.29 is 5.11 Å². The van der Waals surface area contributed by atoms with Crippen molar-refractivity contribution in [1.82, 2.24) is 10.3 Å². The second-order valence-corrected chi connectivity index (χ2v) is 5.01. The van der Waals surface area contributed by atoms with Crippen LogP contribution in [0.2, 0.25) is 0 Å². The van der Waals surface area contributed by atoms with Gasteiger partial charge in [-0.3, -0.25) is 0 Å². The summed E-state index contributed by atoms with van der Waals surface area (Å²) in [7, 11) is 0. The fourth-order valence-electron chi connectivity index (χ4n) is 2.04. The second kappa shape index (κ2) is 6.91. The van der Waals surface area contributed by atoms with E-state index < -0.39 is 0 Å². The van der Waals surface area contributed by atoms with Crippen LogP contribution in [0.25, 0.3) is 0 Å². The minimum atomic E-state index is 0.182. The largest absolute Gasteiger partial charge is 0.506 e. The van der Waals surface area contributed by atoms with E-state index in [0.29, 0.717) is 24.1 Å². The van der Waals surface area contributed by atoms with E-state index in [1.54, 1.807) is 12.1 Å². The smallest absolute Gasteiger partial charge is 0.138 e. The summed E-state index contributed by atoms with van der Waals surface area (Å²) >= 11 is 0. The van der Waals surface area contributed by atoms with Crippen molar-refractivity contribution in [3.8, 4) is 5.75 Å². The highest BCUT2D eigenvalue weighted by molar-refractivity contribution is 5.37. The Kier molecular flexibility index (Phi) is 4.96. The van der Waals surface area contributed by atoms with Crippen molar-refractivity contribution in [3.05, 3.63) is 53.7 Å². The normalized spacial score (nSPS) is 12.2. The number of rotatable bonds is 6. The number of nitrogens with two attached hydrogens (primary N) is 1. The van der Waals surface area contributed by atoms with E-state index in [-0.39, 0.29) is 5.75 Å². The Bertz CT molecular complexity index is 543. The summed E-state index contributed by atoms with van der Waals surface area (Å²) < 4.78 is 0. The molecule has 0 fully saturated rings. The summed E-state index contributed by atoms with van der Waals surface area (Å²) in [6, 6.07) is 13.9. The molecule has 0 saturated heterocycles. The van der Waals surface area contributed by atoms with Gasteiger partial charge in [-0.1, -0.05) is 30.3 Å². The Morgan fingerprint density at radius 3 is 2.70 bits per heavy atom. The van der Waals surface area contributed by atoms with Gasteiger partial charge in [-0.15, -0.1) is 0 Å². The molecule has 1 aromatic carbocycles. The number of nitrogens with zero attached hydrogens (tertiary/aromatic N) is 1. The number of aromatic nitrogens is 1.